The van der Waals surface area contributed by atoms with Gasteiger partial charge in [-0.15, -0.1) is 0 Å². The number of hydrogen-bond acceptors (Lipinski definition) is 4. The number of carbonyl (C=O) groups is 1. The molecule has 0 amide bonds. The van der Waals surface area contributed by atoms with Crippen LogP contribution in [0.15, 0.2) is 6.07 Å². The average molecular weight is 252 g/mol. The maximum atomic E-state index is 12.4. The van der Waals surface area contributed by atoms with Crippen molar-refractivity contribution in [3.63, 3.8) is 0 Å². The molecule has 1 heterocycles. The molecule has 16 heavy (non-hydrogen) atoms. The Bertz CT molecular complexity index is 412. The molecule has 0 atom stereocenters. The van der Waals surface area contributed by atoms with Crippen molar-refractivity contribution in [3.05, 3.63) is 22.5 Å². The van der Waals surface area contributed by atoms with Gasteiger partial charge >= 0.3 is 5.97 Å². The highest BCUT2D eigenvalue weighted by molar-refractivity contribution is 6.32. The highest BCUT2D eigenvalue weighted by atomic mass is 35.5. The Kier molecular flexibility index (Phi) is 4.00. The Morgan fingerprint density at radius 2 is 2.12 bits per heavy atom. The monoisotopic (exact) mass is 251 g/mol. The van der Waals surface area contributed by atoms with E-state index in [1.165, 1.54) is 7.11 Å². The van der Waals surface area contributed by atoms with Crippen LogP contribution in [0, 0.1) is 0 Å². The molecule has 7 heteroatoms. The molecule has 0 radical (unpaired) electrons. The minimum atomic E-state index is -2.79. The second-order valence-corrected chi connectivity index (χ2v) is 3.07. The molecule has 0 unspecified atom stereocenters. The van der Waals surface area contributed by atoms with Gasteiger partial charge in [-0.3, -0.25) is 0 Å². The predicted octanol–water partition coefficient (Wildman–Crippen LogP) is 2.47. The van der Waals surface area contributed by atoms with Crippen LogP contribution < -0.4 is 4.74 Å². The Labute approximate surface area is 95.1 Å². The summed E-state index contributed by atoms with van der Waals surface area (Å²) in [4.78, 5) is 14.7. The minimum Gasteiger partial charge on any atom is -0.496 e. The van der Waals surface area contributed by atoms with E-state index in [4.69, 9.17) is 16.3 Å². The summed E-state index contributed by atoms with van der Waals surface area (Å²) in [6.07, 6.45) is -2.79. The molecule has 0 aliphatic carbocycles. The van der Waals surface area contributed by atoms with E-state index in [0.717, 1.165) is 13.2 Å². The number of ether oxygens (including phenoxy) is 2. The maximum Gasteiger partial charge on any atom is 0.344 e. The van der Waals surface area contributed by atoms with Crippen molar-refractivity contribution < 1.29 is 23.0 Å². The van der Waals surface area contributed by atoms with E-state index in [9.17, 15) is 13.6 Å². The number of hydrogen-bond donors (Lipinski definition) is 0. The molecule has 4 nitrogen and oxygen atoms in total. The van der Waals surface area contributed by atoms with E-state index in [2.05, 4.69) is 9.72 Å². The van der Waals surface area contributed by atoms with Gasteiger partial charge in [-0.1, -0.05) is 11.6 Å². The van der Waals surface area contributed by atoms with Gasteiger partial charge in [0.05, 0.1) is 14.2 Å². The van der Waals surface area contributed by atoms with Crippen molar-refractivity contribution in [1.29, 1.82) is 0 Å². The molecule has 0 bridgehead atoms. The smallest absolute Gasteiger partial charge is 0.344 e. The SMILES string of the molecule is COC(=O)c1c(OC)cc(C(F)F)nc1Cl. The number of rotatable bonds is 3. The molecular formula is C9H8ClF2NO3. The average Bonchev–Trinajstić information content (AvgIpc) is 2.26. The van der Waals surface area contributed by atoms with Crippen LogP contribution in [0.4, 0.5) is 8.78 Å². The molecule has 0 aromatic carbocycles. The van der Waals surface area contributed by atoms with E-state index in [1.54, 1.807) is 0 Å². The fourth-order valence-corrected chi connectivity index (χ4v) is 1.34. The Morgan fingerprint density at radius 1 is 1.50 bits per heavy atom. The number of methoxy groups -OCH3 is 2. The van der Waals surface area contributed by atoms with Gasteiger partial charge in [0.15, 0.2) is 0 Å². The standard InChI is InChI=1S/C9H8ClF2NO3/c1-15-5-3-4(8(11)12)13-7(10)6(5)9(14)16-2/h3,8H,1-2H3. The van der Waals surface area contributed by atoms with Gasteiger partial charge < -0.3 is 9.47 Å². The number of halogens is 3. The van der Waals surface area contributed by atoms with E-state index in [1.807, 2.05) is 0 Å². The molecule has 0 saturated heterocycles. The van der Waals surface area contributed by atoms with E-state index in [-0.39, 0.29) is 16.5 Å². The molecular weight excluding hydrogens is 244 g/mol. The first-order valence-corrected chi connectivity index (χ1v) is 4.50. The van der Waals surface area contributed by atoms with Gasteiger partial charge in [0.1, 0.15) is 22.2 Å². The lowest BCUT2D eigenvalue weighted by Crippen LogP contribution is -2.08. The lowest BCUT2D eigenvalue weighted by Gasteiger charge is -2.09. The fourth-order valence-electron chi connectivity index (χ4n) is 1.07. The zero-order chi connectivity index (χ0) is 12.3. The Hall–Kier alpha value is -1.43. The summed E-state index contributed by atoms with van der Waals surface area (Å²) >= 11 is 5.61. The number of carbonyl (C=O) groups excluding carboxylic acids is 1. The predicted molar refractivity (Wildman–Crippen MR) is 52.1 cm³/mol. The van der Waals surface area contributed by atoms with Crippen LogP contribution in [0.2, 0.25) is 5.15 Å². The molecule has 0 N–H and O–H groups in total. The number of aromatic nitrogens is 1. The van der Waals surface area contributed by atoms with E-state index in [0.29, 0.717) is 0 Å². The largest absolute Gasteiger partial charge is 0.496 e. The summed E-state index contributed by atoms with van der Waals surface area (Å²) < 4.78 is 34.0. The van der Waals surface area contributed by atoms with Gasteiger partial charge in [-0.25, -0.2) is 18.6 Å². The van der Waals surface area contributed by atoms with Crippen LogP contribution >= 0.6 is 11.6 Å². The summed E-state index contributed by atoms with van der Waals surface area (Å²) in [7, 11) is 2.37. The van der Waals surface area contributed by atoms with Crippen LogP contribution in [-0.4, -0.2) is 25.2 Å². The number of esters is 1. The molecule has 0 saturated carbocycles. The van der Waals surface area contributed by atoms with Crippen LogP contribution in [0.1, 0.15) is 22.5 Å². The van der Waals surface area contributed by atoms with Crippen molar-refractivity contribution in [1.82, 2.24) is 4.98 Å². The third-order valence-corrected chi connectivity index (χ3v) is 2.07. The quantitative estimate of drug-likeness (QED) is 0.612. The van der Waals surface area contributed by atoms with Crippen LogP contribution in [0.3, 0.4) is 0 Å². The van der Waals surface area contributed by atoms with Crippen LogP contribution in [0.5, 0.6) is 5.75 Å². The topological polar surface area (TPSA) is 48.4 Å². The van der Waals surface area contributed by atoms with Gasteiger partial charge in [0.25, 0.3) is 6.43 Å². The fraction of sp³-hybridized carbons (Fsp3) is 0.333. The molecule has 1 rings (SSSR count). The van der Waals surface area contributed by atoms with Crippen molar-refractivity contribution in [2.24, 2.45) is 0 Å². The van der Waals surface area contributed by atoms with E-state index >= 15 is 0 Å². The summed E-state index contributed by atoms with van der Waals surface area (Å²) in [5, 5.41) is -0.374. The van der Waals surface area contributed by atoms with Gasteiger partial charge in [0, 0.05) is 6.07 Å². The second-order valence-electron chi connectivity index (χ2n) is 2.71. The summed E-state index contributed by atoms with van der Waals surface area (Å²) in [6, 6.07) is 0.947. The summed E-state index contributed by atoms with van der Waals surface area (Å²) in [5.41, 5.74) is -0.731. The molecule has 1 aromatic heterocycles. The molecule has 0 spiro atoms. The molecule has 0 aliphatic rings. The van der Waals surface area contributed by atoms with Gasteiger partial charge in [0.2, 0.25) is 0 Å². The van der Waals surface area contributed by atoms with Gasteiger partial charge in [-0.05, 0) is 0 Å². The molecule has 0 fully saturated rings. The lowest BCUT2D eigenvalue weighted by molar-refractivity contribution is 0.0596. The van der Waals surface area contributed by atoms with Crippen molar-refractivity contribution in [3.8, 4) is 5.75 Å². The Morgan fingerprint density at radius 3 is 2.56 bits per heavy atom. The minimum absolute atomic E-state index is 0.0952. The second kappa shape index (κ2) is 5.07. The number of alkyl halides is 2. The number of nitrogens with zero attached hydrogens (tertiary/aromatic N) is 1. The first-order valence-electron chi connectivity index (χ1n) is 4.12. The summed E-state index contributed by atoms with van der Waals surface area (Å²) in [6.45, 7) is 0. The third kappa shape index (κ3) is 2.38. The molecule has 88 valence electrons. The molecule has 0 aliphatic heterocycles. The van der Waals surface area contributed by atoms with Gasteiger partial charge in [-0.2, -0.15) is 0 Å². The maximum absolute atomic E-state index is 12.4. The van der Waals surface area contributed by atoms with Crippen LogP contribution in [0.25, 0.3) is 0 Å². The van der Waals surface area contributed by atoms with E-state index < -0.39 is 18.1 Å². The zero-order valence-electron chi connectivity index (χ0n) is 8.46. The first kappa shape index (κ1) is 12.6. The highest BCUT2D eigenvalue weighted by Crippen LogP contribution is 2.30. The normalized spacial score (nSPS) is 10.4. The number of pyridine rings is 1. The van der Waals surface area contributed by atoms with Crippen molar-refractivity contribution in [2.75, 3.05) is 14.2 Å². The van der Waals surface area contributed by atoms with Crippen LogP contribution in [-0.2, 0) is 4.74 Å². The summed E-state index contributed by atoms with van der Waals surface area (Å²) in [5.74, 6) is -0.891. The first-order chi connectivity index (χ1) is 7.51. The third-order valence-electron chi connectivity index (χ3n) is 1.79. The highest BCUT2D eigenvalue weighted by Gasteiger charge is 2.22. The molecule has 1 aromatic rings. The zero-order valence-corrected chi connectivity index (χ0v) is 9.22. The lowest BCUT2D eigenvalue weighted by atomic mass is 10.2. The van der Waals surface area contributed by atoms with Crippen molar-refractivity contribution in [2.45, 2.75) is 6.43 Å². The Balaban J connectivity index is 3.34. The van der Waals surface area contributed by atoms with Crippen molar-refractivity contribution >= 4 is 17.6 Å².